The fourth-order valence-corrected chi connectivity index (χ4v) is 1.17. The Labute approximate surface area is 76.3 Å². The lowest BCUT2D eigenvalue weighted by molar-refractivity contribution is 0.101. The second-order valence-corrected chi connectivity index (χ2v) is 2.82. The molecule has 0 atom stereocenters. The lowest BCUT2D eigenvalue weighted by Crippen LogP contribution is -2.07. The summed E-state index contributed by atoms with van der Waals surface area (Å²) in [4.78, 5) is 11.2. The molecule has 3 nitrogen and oxygen atoms in total. The molecule has 0 spiro atoms. The lowest BCUT2D eigenvalue weighted by Gasteiger charge is -1.94. The van der Waals surface area contributed by atoms with E-state index in [2.05, 4.69) is 5.10 Å². The first-order valence-corrected chi connectivity index (χ1v) is 4.34. The van der Waals surface area contributed by atoms with Crippen molar-refractivity contribution >= 4 is 17.4 Å². The van der Waals surface area contributed by atoms with E-state index in [1.165, 1.54) is 0 Å². The van der Waals surface area contributed by atoms with Gasteiger partial charge in [0.25, 0.3) is 0 Å². The van der Waals surface area contributed by atoms with Crippen LogP contribution in [0.5, 0.6) is 0 Å². The van der Waals surface area contributed by atoms with Crippen molar-refractivity contribution in [2.45, 2.75) is 13.3 Å². The van der Waals surface area contributed by atoms with E-state index in [0.717, 1.165) is 12.1 Å². The van der Waals surface area contributed by atoms with Crippen LogP contribution in [0.25, 0.3) is 0 Å². The topological polar surface area (TPSA) is 34.9 Å². The van der Waals surface area contributed by atoms with Gasteiger partial charge in [0.1, 0.15) is 5.69 Å². The van der Waals surface area contributed by atoms with Crippen molar-refractivity contribution in [3.63, 3.8) is 0 Å². The van der Waals surface area contributed by atoms with Gasteiger partial charge in [-0.1, -0.05) is 6.92 Å². The average molecular weight is 187 g/mol. The molecule has 0 aromatic carbocycles. The van der Waals surface area contributed by atoms with Crippen molar-refractivity contribution in [3.05, 3.63) is 17.5 Å². The van der Waals surface area contributed by atoms with Gasteiger partial charge in [-0.2, -0.15) is 5.10 Å². The highest BCUT2D eigenvalue weighted by molar-refractivity contribution is 6.30. The van der Waals surface area contributed by atoms with E-state index in [1.807, 2.05) is 6.92 Å². The van der Waals surface area contributed by atoms with Crippen molar-refractivity contribution in [2.24, 2.45) is 7.05 Å². The predicted molar refractivity (Wildman–Crippen MR) is 47.6 cm³/mol. The smallest absolute Gasteiger partial charge is 0.195 e. The standard InChI is InChI=1S/C8H11ClN2O/c1-3-6-4-7(8(12)5-9)11(2)10-6/h4H,3,5H2,1-2H3. The number of Topliss-reactive ketones (excluding diaryl/α,β-unsaturated/α-hetero) is 1. The van der Waals surface area contributed by atoms with E-state index in [0.29, 0.717) is 5.69 Å². The third-order valence-electron chi connectivity index (χ3n) is 1.70. The average Bonchev–Trinajstić information content (AvgIpc) is 2.45. The summed E-state index contributed by atoms with van der Waals surface area (Å²) >= 11 is 5.42. The van der Waals surface area contributed by atoms with E-state index in [9.17, 15) is 4.79 Å². The van der Waals surface area contributed by atoms with E-state index >= 15 is 0 Å². The van der Waals surface area contributed by atoms with Gasteiger partial charge in [-0.05, 0) is 12.5 Å². The van der Waals surface area contributed by atoms with Crippen LogP contribution in [0.3, 0.4) is 0 Å². The molecule has 12 heavy (non-hydrogen) atoms. The van der Waals surface area contributed by atoms with Gasteiger partial charge in [0.2, 0.25) is 0 Å². The minimum Gasteiger partial charge on any atom is -0.291 e. The Morgan fingerprint density at radius 1 is 1.75 bits per heavy atom. The summed E-state index contributed by atoms with van der Waals surface area (Å²) in [5.74, 6) is -0.0609. The van der Waals surface area contributed by atoms with Crippen LogP contribution in [0.4, 0.5) is 0 Å². The molecular formula is C8H11ClN2O. The van der Waals surface area contributed by atoms with Gasteiger partial charge < -0.3 is 0 Å². The van der Waals surface area contributed by atoms with Crippen molar-refractivity contribution in [1.29, 1.82) is 0 Å². The molecule has 0 amide bonds. The van der Waals surface area contributed by atoms with E-state index < -0.39 is 0 Å². The summed E-state index contributed by atoms with van der Waals surface area (Å²) in [6, 6.07) is 1.78. The molecule has 0 aliphatic heterocycles. The van der Waals surface area contributed by atoms with Gasteiger partial charge in [-0.3, -0.25) is 9.48 Å². The van der Waals surface area contributed by atoms with Crippen LogP contribution in [-0.2, 0) is 13.5 Å². The van der Waals surface area contributed by atoms with Gasteiger partial charge in [-0.15, -0.1) is 11.6 Å². The summed E-state index contributed by atoms with van der Waals surface area (Å²) < 4.78 is 1.57. The molecule has 0 bridgehead atoms. The molecule has 0 fully saturated rings. The van der Waals surface area contributed by atoms with Gasteiger partial charge in [0, 0.05) is 7.05 Å². The van der Waals surface area contributed by atoms with Crippen LogP contribution in [0.1, 0.15) is 23.1 Å². The van der Waals surface area contributed by atoms with E-state index in [4.69, 9.17) is 11.6 Å². The van der Waals surface area contributed by atoms with Crippen molar-refractivity contribution in [3.8, 4) is 0 Å². The highest BCUT2D eigenvalue weighted by atomic mass is 35.5. The number of hydrogen-bond donors (Lipinski definition) is 0. The number of alkyl halides is 1. The predicted octanol–water partition coefficient (Wildman–Crippen LogP) is 1.40. The fraction of sp³-hybridized carbons (Fsp3) is 0.500. The molecule has 0 radical (unpaired) electrons. The van der Waals surface area contributed by atoms with E-state index in [1.54, 1.807) is 17.8 Å². The lowest BCUT2D eigenvalue weighted by atomic mass is 10.2. The van der Waals surface area contributed by atoms with Crippen LogP contribution >= 0.6 is 11.6 Å². The van der Waals surface area contributed by atoms with Gasteiger partial charge in [0.05, 0.1) is 11.6 Å². The number of hydrogen-bond acceptors (Lipinski definition) is 2. The first-order valence-electron chi connectivity index (χ1n) is 3.81. The summed E-state index contributed by atoms with van der Waals surface area (Å²) in [5, 5.41) is 4.14. The third kappa shape index (κ3) is 1.67. The summed E-state index contributed by atoms with van der Waals surface area (Å²) in [6.45, 7) is 2.00. The quantitative estimate of drug-likeness (QED) is 0.529. The summed E-state index contributed by atoms with van der Waals surface area (Å²) in [6.07, 6.45) is 0.837. The number of aryl methyl sites for hydroxylation is 2. The number of carbonyl (C=O) groups excluding carboxylic acids is 1. The van der Waals surface area contributed by atoms with Crippen LogP contribution < -0.4 is 0 Å². The molecule has 1 heterocycles. The Morgan fingerprint density at radius 3 is 2.83 bits per heavy atom. The zero-order valence-electron chi connectivity index (χ0n) is 7.17. The molecule has 0 saturated heterocycles. The monoisotopic (exact) mass is 186 g/mol. The Balaban J connectivity index is 2.99. The third-order valence-corrected chi connectivity index (χ3v) is 1.94. The maximum atomic E-state index is 11.2. The Bertz CT molecular complexity index is 293. The van der Waals surface area contributed by atoms with Crippen molar-refractivity contribution in [2.75, 3.05) is 5.88 Å². The van der Waals surface area contributed by atoms with E-state index in [-0.39, 0.29) is 11.7 Å². The van der Waals surface area contributed by atoms with Gasteiger partial charge >= 0.3 is 0 Å². The SMILES string of the molecule is CCc1cc(C(=O)CCl)n(C)n1. The van der Waals surface area contributed by atoms with Gasteiger partial charge in [0.15, 0.2) is 5.78 Å². The number of aromatic nitrogens is 2. The maximum Gasteiger partial charge on any atom is 0.195 e. The van der Waals surface area contributed by atoms with Crippen molar-refractivity contribution < 1.29 is 4.79 Å². The maximum absolute atomic E-state index is 11.2. The molecule has 0 unspecified atom stereocenters. The second kappa shape index (κ2) is 3.72. The van der Waals surface area contributed by atoms with Gasteiger partial charge in [-0.25, -0.2) is 0 Å². The molecule has 0 aliphatic rings. The summed E-state index contributed by atoms with van der Waals surface area (Å²) in [7, 11) is 1.75. The Morgan fingerprint density at radius 2 is 2.42 bits per heavy atom. The normalized spacial score (nSPS) is 10.2. The highest BCUT2D eigenvalue weighted by Crippen LogP contribution is 2.05. The Hall–Kier alpha value is -0.830. The molecule has 1 aromatic rings. The summed E-state index contributed by atoms with van der Waals surface area (Å²) in [5.41, 5.74) is 1.51. The molecular weight excluding hydrogens is 176 g/mol. The number of rotatable bonds is 3. The zero-order chi connectivity index (χ0) is 9.14. The van der Waals surface area contributed by atoms with Crippen LogP contribution in [0, 0.1) is 0 Å². The van der Waals surface area contributed by atoms with Crippen LogP contribution in [0.2, 0.25) is 0 Å². The molecule has 66 valence electrons. The fourth-order valence-electron chi connectivity index (χ4n) is 1.03. The Kier molecular flexibility index (Phi) is 2.87. The molecule has 0 aliphatic carbocycles. The number of nitrogens with zero attached hydrogens (tertiary/aromatic N) is 2. The molecule has 0 N–H and O–H groups in total. The number of ketones is 1. The minimum absolute atomic E-state index is 0.0166. The van der Waals surface area contributed by atoms with Crippen LogP contribution in [-0.4, -0.2) is 21.4 Å². The zero-order valence-corrected chi connectivity index (χ0v) is 7.93. The highest BCUT2D eigenvalue weighted by Gasteiger charge is 2.10. The first kappa shape index (κ1) is 9.26. The number of halogens is 1. The number of carbonyl (C=O) groups is 1. The molecule has 4 heteroatoms. The van der Waals surface area contributed by atoms with Crippen LogP contribution in [0.15, 0.2) is 6.07 Å². The largest absolute Gasteiger partial charge is 0.291 e. The molecule has 0 saturated carbocycles. The molecule has 1 aromatic heterocycles. The second-order valence-electron chi connectivity index (χ2n) is 2.55. The molecule has 1 rings (SSSR count). The minimum atomic E-state index is -0.0774. The van der Waals surface area contributed by atoms with Crippen molar-refractivity contribution in [1.82, 2.24) is 9.78 Å². The first-order chi connectivity index (χ1) is 5.69.